The van der Waals surface area contributed by atoms with E-state index in [9.17, 15) is 14.9 Å². The first kappa shape index (κ1) is 20.4. The van der Waals surface area contributed by atoms with Gasteiger partial charge in [0, 0.05) is 23.1 Å². The van der Waals surface area contributed by atoms with Crippen molar-refractivity contribution in [2.24, 2.45) is 0 Å². The van der Waals surface area contributed by atoms with Gasteiger partial charge in [0.15, 0.2) is 0 Å². The number of nitro groups is 1. The van der Waals surface area contributed by atoms with E-state index in [1.54, 1.807) is 23.1 Å². The van der Waals surface area contributed by atoms with Gasteiger partial charge < -0.3 is 0 Å². The highest BCUT2D eigenvalue weighted by atomic mass is 16.6. The van der Waals surface area contributed by atoms with Crippen molar-refractivity contribution in [3.8, 4) is 0 Å². The molecule has 0 spiro atoms. The number of fused-ring (bicyclic) bond motifs is 1. The summed E-state index contributed by atoms with van der Waals surface area (Å²) in [6.07, 6.45) is 3.65. The standard InChI is InChI=1S/C28H20N2O3/c1-19-9-13-22(14-10-19)27-18-23(17-20-11-15-24(16-12-20)30(32)33)28(31)29(27)26-8-4-6-21-5-2-3-7-25(21)26/h2-18H,1H3/b23-17+. The fourth-order valence-corrected chi connectivity index (χ4v) is 4.07. The molecule has 5 heteroatoms. The zero-order valence-electron chi connectivity index (χ0n) is 17.9. The number of carbonyl (C=O) groups is 1. The Morgan fingerprint density at radius 3 is 2.27 bits per heavy atom. The van der Waals surface area contributed by atoms with Crippen LogP contribution in [-0.4, -0.2) is 10.8 Å². The highest BCUT2D eigenvalue weighted by Crippen LogP contribution is 2.38. The quantitative estimate of drug-likeness (QED) is 0.209. The molecular weight excluding hydrogens is 412 g/mol. The predicted octanol–water partition coefficient (Wildman–Crippen LogP) is 6.53. The van der Waals surface area contributed by atoms with E-state index >= 15 is 0 Å². The third kappa shape index (κ3) is 3.81. The van der Waals surface area contributed by atoms with Crippen LogP contribution < -0.4 is 4.90 Å². The molecule has 0 saturated heterocycles. The van der Waals surface area contributed by atoms with Crippen LogP contribution in [0.25, 0.3) is 22.5 Å². The Balaban J connectivity index is 1.65. The molecule has 5 nitrogen and oxygen atoms in total. The summed E-state index contributed by atoms with van der Waals surface area (Å²) in [6.45, 7) is 2.03. The molecule has 1 aliphatic heterocycles. The van der Waals surface area contributed by atoms with Crippen molar-refractivity contribution >= 4 is 39.8 Å². The molecular formula is C28H20N2O3. The van der Waals surface area contributed by atoms with Crippen LogP contribution in [0.5, 0.6) is 0 Å². The number of non-ortho nitro benzene ring substituents is 1. The molecule has 0 unspecified atom stereocenters. The number of benzene rings is 4. The number of amides is 1. The van der Waals surface area contributed by atoms with Crippen LogP contribution >= 0.6 is 0 Å². The lowest BCUT2D eigenvalue weighted by molar-refractivity contribution is -0.384. The fourth-order valence-electron chi connectivity index (χ4n) is 4.07. The van der Waals surface area contributed by atoms with Crippen molar-refractivity contribution in [2.75, 3.05) is 4.90 Å². The van der Waals surface area contributed by atoms with Gasteiger partial charge in [-0.2, -0.15) is 0 Å². The van der Waals surface area contributed by atoms with Gasteiger partial charge >= 0.3 is 0 Å². The molecule has 0 aliphatic carbocycles. The monoisotopic (exact) mass is 432 g/mol. The molecule has 1 heterocycles. The maximum atomic E-state index is 13.7. The average molecular weight is 432 g/mol. The minimum atomic E-state index is -0.435. The molecule has 1 amide bonds. The third-order valence-corrected chi connectivity index (χ3v) is 5.76. The largest absolute Gasteiger partial charge is 0.276 e. The van der Waals surface area contributed by atoms with Crippen LogP contribution in [0, 0.1) is 17.0 Å². The van der Waals surface area contributed by atoms with Gasteiger partial charge in [-0.25, -0.2) is 0 Å². The van der Waals surface area contributed by atoms with Crippen LogP contribution in [0.4, 0.5) is 11.4 Å². The molecule has 33 heavy (non-hydrogen) atoms. The first-order valence-corrected chi connectivity index (χ1v) is 10.6. The van der Waals surface area contributed by atoms with E-state index in [1.807, 2.05) is 79.7 Å². The van der Waals surface area contributed by atoms with Crippen LogP contribution in [0.3, 0.4) is 0 Å². The van der Waals surface area contributed by atoms with Crippen LogP contribution in [0.15, 0.2) is 103 Å². The highest BCUT2D eigenvalue weighted by Gasteiger charge is 2.31. The lowest BCUT2D eigenvalue weighted by Crippen LogP contribution is -2.25. The van der Waals surface area contributed by atoms with Crippen molar-refractivity contribution in [1.82, 2.24) is 0 Å². The highest BCUT2D eigenvalue weighted by molar-refractivity contribution is 6.25. The summed E-state index contributed by atoms with van der Waals surface area (Å²) < 4.78 is 0. The van der Waals surface area contributed by atoms with Gasteiger partial charge in [-0.3, -0.25) is 19.8 Å². The van der Waals surface area contributed by atoms with Gasteiger partial charge in [-0.15, -0.1) is 0 Å². The molecule has 1 aliphatic rings. The fraction of sp³-hybridized carbons (Fsp3) is 0.0357. The summed E-state index contributed by atoms with van der Waals surface area (Å²) in [5.74, 6) is -0.139. The molecule has 0 saturated carbocycles. The zero-order valence-corrected chi connectivity index (χ0v) is 17.9. The second-order valence-corrected chi connectivity index (χ2v) is 7.98. The topological polar surface area (TPSA) is 63.5 Å². The Labute approximate surface area is 191 Å². The van der Waals surface area contributed by atoms with E-state index in [2.05, 4.69) is 0 Å². The molecule has 0 aromatic heterocycles. The predicted molar refractivity (Wildman–Crippen MR) is 132 cm³/mol. The summed E-state index contributed by atoms with van der Waals surface area (Å²) in [5, 5.41) is 13.0. The van der Waals surface area contributed by atoms with Crippen molar-refractivity contribution in [3.63, 3.8) is 0 Å². The van der Waals surface area contributed by atoms with E-state index < -0.39 is 4.92 Å². The number of anilines is 1. The van der Waals surface area contributed by atoms with Crippen LogP contribution in [0.1, 0.15) is 16.7 Å². The van der Waals surface area contributed by atoms with Gasteiger partial charge in [0.2, 0.25) is 0 Å². The summed E-state index contributed by atoms with van der Waals surface area (Å²) in [7, 11) is 0. The van der Waals surface area contributed by atoms with Gasteiger partial charge in [0.1, 0.15) is 0 Å². The van der Waals surface area contributed by atoms with E-state index in [0.29, 0.717) is 5.57 Å². The molecule has 5 rings (SSSR count). The number of aryl methyl sites for hydroxylation is 1. The molecule has 0 fully saturated rings. The molecule has 0 N–H and O–H groups in total. The van der Waals surface area contributed by atoms with E-state index in [-0.39, 0.29) is 11.6 Å². The number of rotatable bonds is 4. The minimum Gasteiger partial charge on any atom is -0.276 e. The number of carbonyl (C=O) groups excluding carboxylic acids is 1. The molecule has 160 valence electrons. The third-order valence-electron chi connectivity index (χ3n) is 5.76. The number of nitrogens with zero attached hydrogens (tertiary/aromatic N) is 2. The number of hydrogen-bond acceptors (Lipinski definition) is 3. The van der Waals surface area contributed by atoms with E-state index in [4.69, 9.17) is 0 Å². The Morgan fingerprint density at radius 2 is 1.55 bits per heavy atom. The smallest absolute Gasteiger partial charge is 0.269 e. The maximum absolute atomic E-state index is 13.7. The molecule has 4 aromatic rings. The first-order valence-electron chi connectivity index (χ1n) is 10.6. The van der Waals surface area contributed by atoms with Crippen molar-refractivity contribution in [3.05, 3.63) is 129 Å². The van der Waals surface area contributed by atoms with Crippen molar-refractivity contribution < 1.29 is 9.72 Å². The summed E-state index contributed by atoms with van der Waals surface area (Å²) >= 11 is 0. The Kier molecular flexibility index (Phi) is 5.07. The van der Waals surface area contributed by atoms with Gasteiger partial charge in [-0.05, 0) is 53.8 Å². The zero-order chi connectivity index (χ0) is 22.9. The number of nitro benzene ring substituents is 1. The van der Waals surface area contributed by atoms with Gasteiger partial charge in [0.25, 0.3) is 11.6 Å². The Bertz CT molecular complexity index is 1440. The SMILES string of the molecule is Cc1ccc(C2=C/C(=C\c3ccc([N+](=O)[O-])cc3)C(=O)N2c2cccc3ccccc23)cc1. The molecule has 0 bridgehead atoms. The van der Waals surface area contributed by atoms with E-state index in [0.717, 1.165) is 38.8 Å². The van der Waals surface area contributed by atoms with Crippen molar-refractivity contribution in [1.29, 1.82) is 0 Å². The second-order valence-electron chi connectivity index (χ2n) is 7.98. The van der Waals surface area contributed by atoms with Crippen LogP contribution in [0.2, 0.25) is 0 Å². The summed E-state index contributed by atoms with van der Waals surface area (Å²) in [5.41, 5.74) is 4.95. The molecule has 0 radical (unpaired) electrons. The number of hydrogen-bond donors (Lipinski definition) is 0. The summed E-state index contributed by atoms with van der Waals surface area (Å²) in [4.78, 5) is 26.0. The first-order chi connectivity index (χ1) is 16.0. The second kappa shape index (κ2) is 8.20. The molecule has 4 aromatic carbocycles. The minimum absolute atomic E-state index is 0.0168. The van der Waals surface area contributed by atoms with Crippen LogP contribution in [-0.2, 0) is 4.79 Å². The lowest BCUT2D eigenvalue weighted by Gasteiger charge is -2.22. The van der Waals surface area contributed by atoms with Crippen molar-refractivity contribution in [2.45, 2.75) is 6.92 Å². The lowest BCUT2D eigenvalue weighted by atomic mass is 10.1. The van der Waals surface area contributed by atoms with Gasteiger partial charge in [0.05, 0.1) is 16.3 Å². The normalized spacial score (nSPS) is 14.7. The summed E-state index contributed by atoms with van der Waals surface area (Å²) in [6, 6.07) is 28.2. The molecule has 0 atom stereocenters. The van der Waals surface area contributed by atoms with Gasteiger partial charge in [-0.1, -0.05) is 66.2 Å². The Morgan fingerprint density at radius 1 is 0.848 bits per heavy atom. The average Bonchev–Trinajstić information content (AvgIpc) is 3.15. The maximum Gasteiger partial charge on any atom is 0.269 e. The van der Waals surface area contributed by atoms with E-state index in [1.165, 1.54) is 12.1 Å². The Hall–Kier alpha value is -4.51.